The maximum atomic E-state index is 9.22. The van der Waals surface area contributed by atoms with Crippen molar-refractivity contribution < 1.29 is 9.84 Å². The first-order valence-electron chi connectivity index (χ1n) is 7.26. The summed E-state index contributed by atoms with van der Waals surface area (Å²) in [6, 6.07) is 1.95. The lowest BCUT2D eigenvalue weighted by Gasteiger charge is -2.23. The minimum Gasteiger partial charge on any atom is -0.395 e. The number of ether oxygens (including phenoxy) is 1. The number of nitrogens with zero attached hydrogens (tertiary/aromatic N) is 3. The maximum Gasteiger partial charge on any atom is 0.136 e. The van der Waals surface area contributed by atoms with Crippen LogP contribution in [-0.4, -0.2) is 55.0 Å². The lowest BCUT2D eigenvalue weighted by molar-refractivity contribution is 0.202. The van der Waals surface area contributed by atoms with Gasteiger partial charge in [0.15, 0.2) is 0 Å². The monoisotopic (exact) mass is 280 g/mol. The second kappa shape index (κ2) is 7.40. The summed E-state index contributed by atoms with van der Waals surface area (Å²) in [5.74, 6) is 3.15. The molecule has 1 fully saturated rings. The van der Waals surface area contributed by atoms with Gasteiger partial charge in [-0.25, -0.2) is 9.97 Å². The van der Waals surface area contributed by atoms with Gasteiger partial charge in [0.1, 0.15) is 17.5 Å². The molecular weight excluding hydrogens is 256 g/mol. The van der Waals surface area contributed by atoms with Crippen molar-refractivity contribution in [2.24, 2.45) is 0 Å². The smallest absolute Gasteiger partial charge is 0.136 e. The van der Waals surface area contributed by atoms with E-state index in [1.807, 2.05) is 11.0 Å². The Balaban J connectivity index is 2.21. The minimum atomic E-state index is 0.100. The fraction of sp³-hybridized carbons (Fsp3) is 0.714. The fourth-order valence-electron chi connectivity index (χ4n) is 2.07. The second-order valence-electron chi connectivity index (χ2n) is 4.98. The van der Waals surface area contributed by atoms with Gasteiger partial charge in [-0.1, -0.05) is 0 Å². The van der Waals surface area contributed by atoms with E-state index in [0.29, 0.717) is 25.6 Å². The van der Waals surface area contributed by atoms with Gasteiger partial charge in [-0.2, -0.15) is 0 Å². The summed E-state index contributed by atoms with van der Waals surface area (Å²) in [7, 11) is 1.68. The lowest BCUT2D eigenvalue weighted by Crippen LogP contribution is -2.31. The van der Waals surface area contributed by atoms with E-state index in [1.165, 1.54) is 12.8 Å². The molecule has 1 aliphatic carbocycles. The first-order valence-corrected chi connectivity index (χ1v) is 7.26. The SMILES string of the molecule is CCNc1cc(N(CCO)CCOC)nc(C2CC2)n1. The number of hydrogen-bond donors (Lipinski definition) is 2. The van der Waals surface area contributed by atoms with Crippen LogP contribution in [0.1, 0.15) is 31.5 Å². The van der Waals surface area contributed by atoms with Crippen molar-refractivity contribution in [2.75, 3.05) is 50.2 Å². The number of anilines is 2. The molecule has 1 aliphatic rings. The second-order valence-corrected chi connectivity index (χ2v) is 4.98. The molecule has 0 radical (unpaired) electrons. The minimum absolute atomic E-state index is 0.100. The average molecular weight is 280 g/mol. The summed E-state index contributed by atoms with van der Waals surface area (Å²) in [4.78, 5) is 11.3. The molecule has 6 heteroatoms. The topological polar surface area (TPSA) is 70.5 Å². The summed E-state index contributed by atoms with van der Waals surface area (Å²) in [5, 5.41) is 12.5. The zero-order chi connectivity index (χ0) is 14.4. The number of aromatic nitrogens is 2. The van der Waals surface area contributed by atoms with Crippen LogP contribution in [-0.2, 0) is 4.74 Å². The summed E-state index contributed by atoms with van der Waals surface area (Å²) in [5.41, 5.74) is 0. The predicted octanol–water partition coefficient (Wildman–Crippen LogP) is 1.23. The Morgan fingerprint density at radius 1 is 1.40 bits per heavy atom. The molecule has 0 spiro atoms. The van der Waals surface area contributed by atoms with Crippen LogP contribution in [0.2, 0.25) is 0 Å². The van der Waals surface area contributed by atoms with Gasteiger partial charge in [-0.3, -0.25) is 0 Å². The third kappa shape index (κ3) is 4.05. The van der Waals surface area contributed by atoms with Crippen molar-refractivity contribution in [3.8, 4) is 0 Å². The van der Waals surface area contributed by atoms with Crippen molar-refractivity contribution in [2.45, 2.75) is 25.7 Å². The van der Waals surface area contributed by atoms with Gasteiger partial charge in [0.05, 0.1) is 13.2 Å². The molecular formula is C14H24N4O2. The van der Waals surface area contributed by atoms with Gasteiger partial charge in [-0.15, -0.1) is 0 Å². The van der Waals surface area contributed by atoms with Crippen molar-refractivity contribution in [1.82, 2.24) is 9.97 Å². The average Bonchev–Trinajstić information content (AvgIpc) is 3.28. The van der Waals surface area contributed by atoms with Crippen LogP contribution in [0.4, 0.5) is 11.6 Å². The Bertz CT molecular complexity index is 424. The summed E-state index contributed by atoms with van der Waals surface area (Å²) < 4.78 is 5.13. The van der Waals surface area contributed by atoms with Crippen LogP contribution in [0.5, 0.6) is 0 Å². The number of methoxy groups -OCH3 is 1. The molecule has 0 amide bonds. The maximum absolute atomic E-state index is 9.22. The number of aliphatic hydroxyl groups is 1. The van der Waals surface area contributed by atoms with Crippen LogP contribution in [0.3, 0.4) is 0 Å². The van der Waals surface area contributed by atoms with Crippen LogP contribution < -0.4 is 10.2 Å². The Hall–Kier alpha value is -1.40. The van der Waals surface area contributed by atoms with Gasteiger partial charge in [0, 0.05) is 38.7 Å². The van der Waals surface area contributed by atoms with E-state index in [9.17, 15) is 5.11 Å². The quantitative estimate of drug-likeness (QED) is 0.709. The third-order valence-electron chi connectivity index (χ3n) is 3.29. The largest absolute Gasteiger partial charge is 0.395 e. The van der Waals surface area contributed by atoms with Crippen LogP contribution in [0.15, 0.2) is 6.07 Å². The highest BCUT2D eigenvalue weighted by Gasteiger charge is 2.28. The molecule has 1 heterocycles. The highest BCUT2D eigenvalue weighted by Crippen LogP contribution is 2.39. The van der Waals surface area contributed by atoms with Crippen molar-refractivity contribution in [1.29, 1.82) is 0 Å². The Labute approximate surface area is 120 Å². The number of rotatable bonds is 9. The molecule has 0 bridgehead atoms. The molecule has 0 unspecified atom stereocenters. The molecule has 0 aromatic carbocycles. The van der Waals surface area contributed by atoms with E-state index in [-0.39, 0.29) is 6.61 Å². The zero-order valence-electron chi connectivity index (χ0n) is 12.3. The van der Waals surface area contributed by atoms with E-state index >= 15 is 0 Å². The third-order valence-corrected chi connectivity index (χ3v) is 3.29. The van der Waals surface area contributed by atoms with E-state index in [0.717, 1.165) is 24.0 Å². The highest BCUT2D eigenvalue weighted by molar-refractivity contribution is 5.50. The van der Waals surface area contributed by atoms with E-state index in [2.05, 4.69) is 22.2 Å². The molecule has 0 atom stereocenters. The van der Waals surface area contributed by atoms with Crippen molar-refractivity contribution >= 4 is 11.6 Å². The molecule has 1 aromatic heterocycles. The predicted molar refractivity (Wildman–Crippen MR) is 79.3 cm³/mol. The summed E-state index contributed by atoms with van der Waals surface area (Å²) >= 11 is 0. The summed E-state index contributed by atoms with van der Waals surface area (Å²) in [6.07, 6.45) is 2.35. The lowest BCUT2D eigenvalue weighted by atomic mass is 10.3. The number of nitrogens with one attached hydrogen (secondary N) is 1. The Kier molecular flexibility index (Phi) is 5.55. The molecule has 0 saturated heterocycles. The normalized spacial score (nSPS) is 14.3. The molecule has 1 saturated carbocycles. The van der Waals surface area contributed by atoms with Gasteiger partial charge < -0.3 is 20.1 Å². The van der Waals surface area contributed by atoms with Crippen LogP contribution in [0, 0.1) is 0 Å². The molecule has 6 nitrogen and oxygen atoms in total. The van der Waals surface area contributed by atoms with E-state index in [4.69, 9.17) is 4.74 Å². The van der Waals surface area contributed by atoms with Gasteiger partial charge >= 0.3 is 0 Å². The first-order chi connectivity index (χ1) is 9.78. The molecule has 2 N–H and O–H groups in total. The van der Waals surface area contributed by atoms with Gasteiger partial charge in [0.2, 0.25) is 0 Å². The molecule has 0 aliphatic heterocycles. The summed E-state index contributed by atoms with van der Waals surface area (Å²) in [6.45, 7) is 4.86. The Morgan fingerprint density at radius 3 is 2.80 bits per heavy atom. The van der Waals surface area contributed by atoms with Gasteiger partial charge in [-0.05, 0) is 19.8 Å². The van der Waals surface area contributed by atoms with Crippen LogP contribution >= 0.6 is 0 Å². The molecule has 1 aromatic rings. The molecule has 2 rings (SSSR count). The van der Waals surface area contributed by atoms with E-state index in [1.54, 1.807) is 7.11 Å². The standard InChI is InChI=1S/C14H24N4O2/c1-3-15-12-10-13(17-14(16-12)11-4-5-11)18(6-8-19)7-9-20-2/h10-11,19H,3-9H2,1-2H3,(H,15,16,17). The fourth-order valence-corrected chi connectivity index (χ4v) is 2.07. The van der Waals surface area contributed by atoms with E-state index < -0.39 is 0 Å². The van der Waals surface area contributed by atoms with Crippen molar-refractivity contribution in [3.05, 3.63) is 11.9 Å². The first kappa shape index (κ1) is 15.0. The van der Waals surface area contributed by atoms with Gasteiger partial charge in [0.25, 0.3) is 0 Å². The van der Waals surface area contributed by atoms with Crippen LogP contribution in [0.25, 0.3) is 0 Å². The number of hydrogen-bond acceptors (Lipinski definition) is 6. The Morgan fingerprint density at radius 2 is 2.20 bits per heavy atom. The molecule has 20 heavy (non-hydrogen) atoms. The van der Waals surface area contributed by atoms with Crippen molar-refractivity contribution in [3.63, 3.8) is 0 Å². The molecule has 112 valence electrons. The zero-order valence-corrected chi connectivity index (χ0v) is 12.3. The highest BCUT2D eigenvalue weighted by atomic mass is 16.5. The number of aliphatic hydroxyl groups excluding tert-OH is 1.